The van der Waals surface area contributed by atoms with Crippen molar-refractivity contribution in [2.75, 3.05) is 6.79 Å². The fourth-order valence-electron chi connectivity index (χ4n) is 0.129. The van der Waals surface area contributed by atoms with Crippen LogP contribution in [-0.4, -0.2) is 18.4 Å². The van der Waals surface area contributed by atoms with E-state index in [2.05, 4.69) is 9.47 Å². The van der Waals surface area contributed by atoms with Gasteiger partial charge in [0.1, 0.15) is 0 Å². The summed E-state index contributed by atoms with van der Waals surface area (Å²) >= 11 is 0. The van der Waals surface area contributed by atoms with Crippen LogP contribution in [0.3, 0.4) is 0 Å². The Morgan fingerprint density at radius 1 is 1.60 bits per heavy atom. The van der Waals surface area contributed by atoms with Crippen LogP contribution in [0.2, 0.25) is 0 Å². The molecule has 3 heteroatoms. The molecule has 0 aromatic carbocycles. The van der Waals surface area contributed by atoms with E-state index in [9.17, 15) is 0 Å². The zero-order valence-electron chi connectivity index (χ0n) is 2.55. The lowest BCUT2D eigenvalue weighted by Gasteiger charge is -2.19. The summed E-state index contributed by atoms with van der Waals surface area (Å²) in [6.45, 7) is -0.698. The lowest BCUT2D eigenvalue weighted by Crippen LogP contribution is -2.29. The van der Waals surface area contributed by atoms with Crippen molar-refractivity contribution in [1.82, 2.24) is 0 Å². The predicted octanol–water partition coefficient (Wildman–Crippen LogP) is -0.733. The molecule has 0 amide bonds. The molecule has 3 nitrogen and oxygen atoms in total. The van der Waals surface area contributed by atoms with Crippen molar-refractivity contribution in [3.8, 4) is 0 Å². The van der Waals surface area contributed by atoms with E-state index >= 15 is 0 Å². The van der Waals surface area contributed by atoms with Crippen LogP contribution in [0.5, 0.6) is 0 Å². The lowest BCUT2D eigenvalue weighted by molar-refractivity contribution is -0.406. The van der Waals surface area contributed by atoms with Gasteiger partial charge in [-0.15, -0.1) is 0 Å². The van der Waals surface area contributed by atoms with Gasteiger partial charge in [0.15, 0.2) is 6.79 Å². The first-order chi connectivity index (χ1) is 2.39. The summed E-state index contributed by atoms with van der Waals surface area (Å²) < 4.78 is 8.53. The zero-order chi connectivity index (χ0) is 3.70. The summed E-state index contributed by atoms with van der Waals surface area (Å²) in [6, 6.07) is 0. The molecular formula is C2H4O3. The number of hydrogen-bond donors (Lipinski definition) is 1. The molecule has 1 aliphatic heterocycles. The fourth-order valence-corrected chi connectivity index (χ4v) is 0.129. The van der Waals surface area contributed by atoms with Gasteiger partial charge >= 0.3 is 0 Å². The molecule has 1 N–H and O–H groups in total. The highest BCUT2D eigenvalue weighted by molar-refractivity contribution is 4.19. The SMILES string of the molecule is OC1OCO1. The highest BCUT2D eigenvalue weighted by atomic mass is 16.9. The second-order valence-corrected chi connectivity index (χ2v) is 0.758. The number of ether oxygens (including phenoxy) is 2. The van der Waals surface area contributed by atoms with E-state index in [1.165, 1.54) is 0 Å². The number of hydrogen-bond acceptors (Lipinski definition) is 3. The average Bonchev–Trinajstić information content (AvgIpc) is 1.30. The van der Waals surface area contributed by atoms with Gasteiger partial charge in [0, 0.05) is 0 Å². The Morgan fingerprint density at radius 3 is 2.00 bits per heavy atom. The van der Waals surface area contributed by atoms with Crippen molar-refractivity contribution in [1.29, 1.82) is 0 Å². The van der Waals surface area contributed by atoms with Crippen LogP contribution in [0.1, 0.15) is 0 Å². The standard InChI is InChI=1S/C2H4O3/c3-2-4-1-5-2/h2-3H,1H2. The fraction of sp³-hybridized carbons (Fsp3) is 1.00. The third-order valence-electron chi connectivity index (χ3n) is 0.421. The molecule has 1 heterocycles. The van der Waals surface area contributed by atoms with Crippen LogP contribution in [0.15, 0.2) is 0 Å². The molecule has 0 saturated carbocycles. The van der Waals surface area contributed by atoms with Gasteiger partial charge in [0.2, 0.25) is 0 Å². The van der Waals surface area contributed by atoms with Crippen molar-refractivity contribution < 1.29 is 14.6 Å². The minimum atomic E-state index is -0.935. The number of aliphatic hydroxyl groups is 1. The highest BCUT2D eigenvalue weighted by Gasteiger charge is 2.12. The van der Waals surface area contributed by atoms with Crippen molar-refractivity contribution >= 4 is 0 Å². The maximum atomic E-state index is 8.00. The quantitative estimate of drug-likeness (QED) is 0.413. The summed E-state index contributed by atoms with van der Waals surface area (Å²) in [4.78, 5) is 0. The average molecular weight is 76.1 g/mol. The second kappa shape index (κ2) is 0.931. The molecule has 0 aromatic rings. The van der Waals surface area contributed by atoms with Gasteiger partial charge in [-0.2, -0.15) is 0 Å². The van der Waals surface area contributed by atoms with Crippen molar-refractivity contribution in [3.05, 3.63) is 0 Å². The molecule has 0 spiro atoms. The zero-order valence-corrected chi connectivity index (χ0v) is 2.55. The van der Waals surface area contributed by atoms with Gasteiger partial charge in [-0.25, -0.2) is 0 Å². The van der Waals surface area contributed by atoms with Crippen LogP contribution in [0.25, 0.3) is 0 Å². The van der Waals surface area contributed by atoms with Crippen molar-refractivity contribution in [2.45, 2.75) is 6.48 Å². The number of aliphatic hydroxyl groups excluding tert-OH is 1. The van der Waals surface area contributed by atoms with Crippen LogP contribution >= 0.6 is 0 Å². The smallest absolute Gasteiger partial charge is 0.273 e. The van der Waals surface area contributed by atoms with Crippen LogP contribution < -0.4 is 0 Å². The van der Waals surface area contributed by atoms with Gasteiger partial charge in [0.25, 0.3) is 6.48 Å². The molecule has 1 saturated heterocycles. The Morgan fingerprint density at radius 2 is 2.00 bits per heavy atom. The Kier molecular flexibility index (Phi) is 0.574. The van der Waals surface area contributed by atoms with E-state index in [0.29, 0.717) is 0 Å². The molecule has 1 aliphatic rings. The number of rotatable bonds is 0. The molecule has 0 bridgehead atoms. The summed E-state index contributed by atoms with van der Waals surface area (Å²) in [5.74, 6) is 0. The van der Waals surface area contributed by atoms with Gasteiger partial charge in [-0.05, 0) is 0 Å². The van der Waals surface area contributed by atoms with Crippen LogP contribution in [0, 0.1) is 0 Å². The van der Waals surface area contributed by atoms with E-state index in [1.807, 2.05) is 0 Å². The molecule has 0 aromatic heterocycles. The lowest BCUT2D eigenvalue weighted by atomic mass is 11.1. The Balaban J connectivity index is 2.08. The van der Waals surface area contributed by atoms with E-state index in [4.69, 9.17) is 5.11 Å². The maximum Gasteiger partial charge on any atom is 0.273 e. The van der Waals surface area contributed by atoms with Crippen molar-refractivity contribution in [3.63, 3.8) is 0 Å². The Bertz CT molecular complexity index is 31.9. The van der Waals surface area contributed by atoms with Gasteiger partial charge in [-0.3, -0.25) is 0 Å². The molecule has 0 aliphatic carbocycles. The Labute approximate surface area is 29.1 Å². The van der Waals surface area contributed by atoms with E-state index in [-0.39, 0.29) is 6.79 Å². The van der Waals surface area contributed by atoms with Gasteiger partial charge < -0.3 is 14.6 Å². The summed E-state index contributed by atoms with van der Waals surface area (Å²) in [5, 5.41) is 8.00. The Hall–Kier alpha value is -0.120. The van der Waals surface area contributed by atoms with E-state index in [1.54, 1.807) is 0 Å². The largest absolute Gasteiger partial charge is 0.346 e. The molecule has 30 valence electrons. The minimum absolute atomic E-state index is 0.237. The molecule has 5 heavy (non-hydrogen) atoms. The van der Waals surface area contributed by atoms with Crippen LogP contribution in [-0.2, 0) is 9.47 Å². The molecule has 1 fully saturated rings. The first kappa shape index (κ1) is 3.08. The van der Waals surface area contributed by atoms with Gasteiger partial charge in [-0.1, -0.05) is 0 Å². The monoisotopic (exact) mass is 76.0 g/mol. The first-order valence-corrected chi connectivity index (χ1v) is 1.31. The molecule has 0 unspecified atom stereocenters. The minimum Gasteiger partial charge on any atom is -0.346 e. The van der Waals surface area contributed by atoms with Gasteiger partial charge in [0.05, 0.1) is 0 Å². The molecule has 0 radical (unpaired) electrons. The molecule has 1 rings (SSSR count). The van der Waals surface area contributed by atoms with E-state index in [0.717, 1.165) is 0 Å². The molecular weight excluding hydrogens is 72.0 g/mol. The summed E-state index contributed by atoms with van der Waals surface area (Å²) in [6.07, 6.45) is 0. The second-order valence-electron chi connectivity index (χ2n) is 0.758. The molecule has 0 atom stereocenters. The summed E-state index contributed by atoms with van der Waals surface area (Å²) in [7, 11) is 0. The van der Waals surface area contributed by atoms with E-state index < -0.39 is 6.48 Å². The highest BCUT2D eigenvalue weighted by Crippen LogP contribution is 1.99. The van der Waals surface area contributed by atoms with Crippen molar-refractivity contribution in [2.24, 2.45) is 0 Å². The third-order valence-corrected chi connectivity index (χ3v) is 0.421. The van der Waals surface area contributed by atoms with Crippen LogP contribution in [0.4, 0.5) is 0 Å². The maximum absolute atomic E-state index is 8.00. The topological polar surface area (TPSA) is 38.7 Å². The first-order valence-electron chi connectivity index (χ1n) is 1.31. The predicted molar refractivity (Wildman–Crippen MR) is 13.0 cm³/mol. The summed E-state index contributed by atoms with van der Waals surface area (Å²) in [5.41, 5.74) is 0. The normalized spacial score (nSPS) is 25.8. The third kappa shape index (κ3) is 0.397.